The van der Waals surface area contributed by atoms with Gasteiger partial charge in [0.15, 0.2) is 5.65 Å². The van der Waals surface area contributed by atoms with Gasteiger partial charge in [0.25, 0.3) is 0 Å². The fourth-order valence-corrected chi connectivity index (χ4v) is 2.77. The highest BCUT2D eigenvalue weighted by molar-refractivity contribution is 5.77. The molecule has 0 fully saturated rings. The van der Waals surface area contributed by atoms with Crippen LogP contribution in [0.1, 0.15) is 34.8 Å². The van der Waals surface area contributed by atoms with Gasteiger partial charge < -0.3 is 10.4 Å². The number of aliphatic carboxylic acids is 1. The molecule has 0 aliphatic rings. The van der Waals surface area contributed by atoms with Crippen LogP contribution < -0.4 is 5.32 Å². The first-order chi connectivity index (χ1) is 11.5. The number of aromatic amines is 1. The van der Waals surface area contributed by atoms with Crippen LogP contribution in [0.4, 0.5) is 0 Å². The van der Waals surface area contributed by atoms with Crippen molar-refractivity contribution >= 4 is 17.0 Å². The van der Waals surface area contributed by atoms with Crippen LogP contribution in [0.15, 0.2) is 36.5 Å². The van der Waals surface area contributed by atoms with Crippen LogP contribution in [-0.2, 0) is 11.3 Å². The van der Waals surface area contributed by atoms with Gasteiger partial charge in [-0.2, -0.15) is 5.10 Å². The number of benzene rings is 1. The van der Waals surface area contributed by atoms with Crippen molar-refractivity contribution in [2.24, 2.45) is 0 Å². The monoisotopic (exact) mass is 324 g/mol. The van der Waals surface area contributed by atoms with E-state index in [1.807, 2.05) is 44.2 Å². The molecule has 6 heteroatoms. The SMILES string of the molecule is Cc1cccc(C(CC(=O)O)NCc2cnc3n[nH]c(C)c3c2)c1. The Balaban J connectivity index is 1.79. The fourth-order valence-electron chi connectivity index (χ4n) is 2.77. The number of aromatic nitrogens is 3. The highest BCUT2D eigenvalue weighted by Gasteiger charge is 2.15. The molecule has 0 amide bonds. The molecule has 24 heavy (non-hydrogen) atoms. The zero-order valence-electron chi connectivity index (χ0n) is 13.7. The van der Waals surface area contributed by atoms with Crippen LogP contribution in [0.5, 0.6) is 0 Å². The minimum atomic E-state index is -0.826. The van der Waals surface area contributed by atoms with Gasteiger partial charge in [0.2, 0.25) is 0 Å². The molecule has 0 bridgehead atoms. The van der Waals surface area contributed by atoms with Gasteiger partial charge in [-0.1, -0.05) is 29.8 Å². The Morgan fingerprint density at radius 1 is 1.33 bits per heavy atom. The lowest BCUT2D eigenvalue weighted by atomic mass is 10.0. The maximum Gasteiger partial charge on any atom is 0.305 e. The van der Waals surface area contributed by atoms with E-state index in [-0.39, 0.29) is 12.5 Å². The Hall–Kier alpha value is -2.73. The lowest BCUT2D eigenvalue weighted by Gasteiger charge is -2.18. The van der Waals surface area contributed by atoms with Crippen LogP contribution in [0, 0.1) is 13.8 Å². The van der Waals surface area contributed by atoms with Crippen molar-refractivity contribution in [3.63, 3.8) is 0 Å². The number of nitrogens with one attached hydrogen (secondary N) is 2. The van der Waals surface area contributed by atoms with E-state index in [1.165, 1.54) is 0 Å². The van der Waals surface area contributed by atoms with Gasteiger partial charge in [-0.05, 0) is 31.0 Å². The summed E-state index contributed by atoms with van der Waals surface area (Å²) in [5, 5.41) is 20.6. The Kier molecular flexibility index (Phi) is 4.57. The third-order valence-corrected chi connectivity index (χ3v) is 4.03. The summed E-state index contributed by atoms with van der Waals surface area (Å²) in [7, 11) is 0. The first-order valence-corrected chi connectivity index (χ1v) is 7.84. The molecule has 1 unspecified atom stereocenters. The minimum Gasteiger partial charge on any atom is -0.481 e. The van der Waals surface area contributed by atoms with E-state index in [9.17, 15) is 9.90 Å². The summed E-state index contributed by atoms with van der Waals surface area (Å²) in [5.74, 6) is -0.826. The van der Waals surface area contributed by atoms with Gasteiger partial charge in [0.1, 0.15) is 0 Å². The van der Waals surface area contributed by atoms with E-state index in [0.29, 0.717) is 12.2 Å². The number of hydrogen-bond acceptors (Lipinski definition) is 4. The summed E-state index contributed by atoms with van der Waals surface area (Å²) in [4.78, 5) is 15.5. The summed E-state index contributed by atoms with van der Waals surface area (Å²) in [5.41, 5.74) is 4.75. The first-order valence-electron chi connectivity index (χ1n) is 7.84. The first kappa shape index (κ1) is 16.1. The highest BCUT2D eigenvalue weighted by Crippen LogP contribution is 2.20. The van der Waals surface area contributed by atoms with Crippen molar-refractivity contribution < 1.29 is 9.90 Å². The van der Waals surface area contributed by atoms with Crippen LogP contribution >= 0.6 is 0 Å². The molecule has 0 aliphatic heterocycles. The molecule has 0 spiro atoms. The van der Waals surface area contributed by atoms with E-state index >= 15 is 0 Å². The summed E-state index contributed by atoms with van der Waals surface area (Å²) < 4.78 is 0. The molecule has 124 valence electrons. The Labute approximate surface area is 139 Å². The van der Waals surface area contributed by atoms with Crippen LogP contribution in [0.2, 0.25) is 0 Å². The van der Waals surface area contributed by atoms with Crippen LogP contribution in [0.3, 0.4) is 0 Å². The van der Waals surface area contributed by atoms with Gasteiger partial charge in [-0.15, -0.1) is 0 Å². The molecule has 0 aliphatic carbocycles. The van der Waals surface area contributed by atoms with Crippen LogP contribution in [-0.4, -0.2) is 26.3 Å². The predicted molar refractivity (Wildman–Crippen MR) is 91.6 cm³/mol. The minimum absolute atomic E-state index is 0.0316. The number of rotatable bonds is 6. The summed E-state index contributed by atoms with van der Waals surface area (Å²) in [6.07, 6.45) is 1.80. The molecule has 2 aromatic heterocycles. The lowest BCUT2D eigenvalue weighted by molar-refractivity contribution is -0.137. The molecule has 1 aromatic carbocycles. The fraction of sp³-hybridized carbons (Fsp3) is 0.278. The summed E-state index contributed by atoms with van der Waals surface area (Å²) in [6.45, 7) is 4.49. The van der Waals surface area contributed by atoms with Gasteiger partial charge >= 0.3 is 5.97 Å². The average molecular weight is 324 g/mol. The third kappa shape index (κ3) is 3.60. The summed E-state index contributed by atoms with van der Waals surface area (Å²) >= 11 is 0. The van der Waals surface area contributed by atoms with E-state index in [1.54, 1.807) is 6.20 Å². The number of carbonyl (C=O) groups is 1. The molecule has 3 aromatic rings. The quantitative estimate of drug-likeness (QED) is 0.648. The number of pyridine rings is 1. The van der Waals surface area contributed by atoms with Gasteiger partial charge in [-0.3, -0.25) is 9.89 Å². The second-order valence-corrected chi connectivity index (χ2v) is 6.01. The molecular weight excluding hydrogens is 304 g/mol. The number of H-pyrrole nitrogens is 1. The highest BCUT2D eigenvalue weighted by atomic mass is 16.4. The largest absolute Gasteiger partial charge is 0.481 e. The predicted octanol–water partition coefficient (Wildman–Crippen LogP) is 2.88. The van der Waals surface area contributed by atoms with Gasteiger partial charge in [0, 0.05) is 29.9 Å². The van der Waals surface area contributed by atoms with Gasteiger partial charge in [0.05, 0.1) is 6.42 Å². The van der Waals surface area contributed by atoms with E-state index in [0.717, 1.165) is 27.8 Å². The molecule has 1 atom stereocenters. The molecule has 3 rings (SSSR count). The van der Waals surface area contributed by atoms with Crippen molar-refractivity contribution in [2.45, 2.75) is 32.9 Å². The number of fused-ring (bicyclic) bond motifs is 1. The maximum atomic E-state index is 11.2. The topological polar surface area (TPSA) is 90.9 Å². The summed E-state index contributed by atoms with van der Waals surface area (Å²) in [6, 6.07) is 9.70. The number of carboxylic acids is 1. The second-order valence-electron chi connectivity index (χ2n) is 6.01. The number of nitrogens with zero attached hydrogens (tertiary/aromatic N) is 2. The smallest absolute Gasteiger partial charge is 0.305 e. The molecule has 0 radical (unpaired) electrons. The van der Waals surface area contributed by atoms with Crippen molar-refractivity contribution in [1.82, 2.24) is 20.5 Å². The molecular formula is C18H20N4O2. The van der Waals surface area contributed by atoms with Crippen molar-refractivity contribution in [1.29, 1.82) is 0 Å². The zero-order valence-corrected chi connectivity index (χ0v) is 13.7. The van der Waals surface area contributed by atoms with Gasteiger partial charge in [-0.25, -0.2) is 4.98 Å². The van der Waals surface area contributed by atoms with Crippen molar-refractivity contribution in [3.8, 4) is 0 Å². The number of carboxylic acid groups (broad SMARTS) is 1. The third-order valence-electron chi connectivity index (χ3n) is 4.03. The van der Waals surface area contributed by atoms with Crippen molar-refractivity contribution in [3.05, 3.63) is 58.9 Å². The van der Waals surface area contributed by atoms with E-state index in [2.05, 4.69) is 20.5 Å². The zero-order chi connectivity index (χ0) is 17.1. The molecule has 3 N–H and O–H groups in total. The molecule has 0 saturated heterocycles. The molecule has 2 heterocycles. The Morgan fingerprint density at radius 3 is 2.92 bits per heavy atom. The van der Waals surface area contributed by atoms with E-state index < -0.39 is 5.97 Å². The number of hydrogen-bond donors (Lipinski definition) is 3. The standard InChI is InChI=1S/C18H20N4O2/c1-11-4-3-5-14(6-11)16(8-17(23)24)19-9-13-7-15-12(2)21-22-18(15)20-10-13/h3-7,10,16,19H,8-9H2,1-2H3,(H,23,24)(H,20,21,22). The molecule has 0 saturated carbocycles. The number of aryl methyl sites for hydroxylation is 2. The Bertz CT molecular complexity index is 872. The second kappa shape index (κ2) is 6.80. The normalized spacial score (nSPS) is 12.4. The lowest BCUT2D eigenvalue weighted by Crippen LogP contribution is -2.23. The average Bonchev–Trinajstić information content (AvgIpc) is 2.92. The molecule has 6 nitrogen and oxygen atoms in total. The van der Waals surface area contributed by atoms with E-state index in [4.69, 9.17) is 0 Å². The maximum absolute atomic E-state index is 11.2. The van der Waals surface area contributed by atoms with Crippen LogP contribution in [0.25, 0.3) is 11.0 Å². The Morgan fingerprint density at radius 2 is 2.17 bits per heavy atom. The van der Waals surface area contributed by atoms with Crippen molar-refractivity contribution in [2.75, 3.05) is 0 Å².